The lowest BCUT2D eigenvalue weighted by Gasteiger charge is -2.21. The number of anilines is 1. The number of nitrogens with one attached hydrogen (secondary N) is 1. The van der Waals surface area contributed by atoms with Crippen LogP contribution in [-0.2, 0) is 0 Å². The number of aromatic carboxylic acids is 1. The SMILES string of the molecule is CCN(CC)C(=O)c1c(F)ccc(F)c1C(=O)Nc1ccc(Br)cc1C(=O)O. The average molecular weight is 455 g/mol. The predicted octanol–water partition coefficient (Wildman–Crippen LogP) is 4.16. The van der Waals surface area contributed by atoms with Crippen molar-refractivity contribution in [2.45, 2.75) is 13.8 Å². The zero-order valence-electron chi connectivity index (χ0n) is 15.1. The normalized spacial score (nSPS) is 10.5. The molecule has 0 bridgehead atoms. The minimum Gasteiger partial charge on any atom is -0.478 e. The number of amides is 2. The Hall–Kier alpha value is -2.81. The molecule has 2 aromatic rings. The Labute approximate surface area is 168 Å². The Bertz CT molecular complexity index is 946. The van der Waals surface area contributed by atoms with Gasteiger partial charge in [-0.25, -0.2) is 13.6 Å². The molecule has 0 heterocycles. The van der Waals surface area contributed by atoms with Gasteiger partial charge >= 0.3 is 5.97 Å². The van der Waals surface area contributed by atoms with Gasteiger partial charge in [0.2, 0.25) is 0 Å². The average Bonchev–Trinajstić information content (AvgIpc) is 2.65. The lowest BCUT2D eigenvalue weighted by atomic mass is 10.0. The Balaban J connectivity index is 2.54. The second-order valence-electron chi connectivity index (χ2n) is 5.71. The van der Waals surface area contributed by atoms with Crippen LogP contribution >= 0.6 is 15.9 Å². The van der Waals surface area contributed by atoms with E-state index in [4.69, 9.17) is 0 Å². The van der Waals surface area contributed by atoms with Crippen LogP contribution in [0.5, 0.6) is 0 Å². The van der Waals surface area contributed by atoms with Crippen molar-refractivity contribution in [3.05, 3.63) is 63.1 Å². The van der Waals surface area contributed by atoms with E-state index in [2.05, 4.69) is 21.2 Å². The summed E-state index contributed by atoms with van der Waals surface area (Å²) in [6, 6.07) is 5.54. The molecule has 0 saturated carbocycles. The number of carboxylic acid groups (broad SMARTS) is 1. The number of carboxylic acids is 1. The Kier molecular flexibility index (Phi) is 6.85. The predicted molar refractivity (Wildman–Crippen MR) is 103 cm³/mol. The summed E-state index contributed by atoms with van der Waals surface area (Å²) >= 11 is 3.12. The molecular weight excluding hydrogens is 438 g/mol. The molecule has 0 saturated heterocycles. The summed E-state index contributed by atoms with van der Waals surface area (Å²) in [5.74, 6) is -5.42. The van der Waals surface area contributed by atoms with E-state index in [1.807, 2.05) is 0 Å². The van der Waals surface area contributed by atoms with Crippen LogP contribution in [0.4, 0.5) is 14.5 Å². The first kappa shape index (κ1) is 21.5. The summed E-state index contributed by atoms with van der Waals surface area (Å²) in [7, 11) is 0. The van der Waals surface area contributed by atoms with E-state index < -0.39 is 40.5 Å². The molecule has 2 aromatic carbocycles. The van der Waals surface area contributed by atoms with Crippen LogP contribution in [0.15, 0.2) is 34.8 Å². The maximum Gasteiger partial charge on any atom is 0.337 e. The third-order valence-electron chi connectivity index (χ3n) is 4.06. The summed E-state index contributed by atoms with van der Waals surface area (Å²) in [6.07, 6.45) is 0. The van der Waals surface area contributed by atoms with Crippen molar-refractivity contribution in [1.29, 1.82) is 0 Å². The fourth-order valence-corrected chi connectivity index (χ4v) is 3.00. The molecule has 0 fully saturated rings. The van der Waals surface area contributed by atoms with Gasteiger partial charge in [0.1, 0.15) is 11.6 Å². The molecule has 6 nitrogen and oxygen atoms in total. The molecule has 148 valence electrons. The molecule has 2 N–H and O–H groups in total. The van der Waals surface area contributed by atoms with Crippen LogP contribution in [-0.4, -0.2) is 40.9 Å². The minimum absolute atomic E-state index is 0.120. The molecule has 2 amide bonds. The van der Waals surface area contributed by atoms with E-state index in [0.717, 1.165) is 12.1 Å². The fourth-order valence-electron chi connectivity index (χ4n) is 2.64. The summed E-state index contributed by atoms with van der Waals surface area (Å²) in [5, 5.41) is 11.5. The van der Waals surface area contributed by atoms with Crippen molar-refractivity contribution in [3.63, 3.8) is 0 Å². The lowest BCUT2D eigenvalue weighted by Crippen LogP contribution is -2.33. The lowest BCUT2D eigenvalue weighted by molar-refractivity contribution is 0.0696. The third kappa shape index (κ3) is 4.36. The van der Waals surface area contributed by atoms with E-state index in [0.29, 0.717) is 4.47 Å². The highest BCUT2D eigenvalue weighted by molar-refractivity contribution is 9.10. The molecule has 0 radical (unpaired) electrons. The summed E-state index contributed by atoms with van der Waals surface area (Å²) in [5.41, 5.74) is -1.85. The largest absolute Gasteiger partial charge is 0.478 e. The van der Waals surface area contributed by atoms with Crippen LogP contribution in [0, 0.1) is 11.6 Å². The smallest absolute Gasteiger partial charge is 0.337 e. The van der Waals surface area contributed by atoms with E-state index in [-0.39, 0.29) is 24.3 Å². The molecule has 28 heavy (non-hydrogen) atoms. The molecule has 0 spiro atoms. The quantitative estimate of drug-likeness (QED) is 0.685. The summed E-state index contributed by atoms with van der Waals surface area (Å²) in [6.45, 7) is 3.81. The van der Waals surface area contributed by atoms with Crippen LogP contribution in [0.25, 0.3) is 0 Å². The second-order valence-corrected chi connectivity index (χ2v) is 6.62. The fraction of sp³-hybridized carbons (Fsp3) is 0.211. The van der Waals surface area contributed by atoms with Gasteiger partial charge in [-0.2, -0.15) is 0 Å². The molecule has 0 aromatic heterocycles. The van der Waals surface area contributed by atoms with Gasteiger partial charge in [0, 0.05) is 17.6 Å². The first-order chi connectivity index (χ1) is 13.2. The van der Waals surface area contributed by atoms with E-state index >= 15 is 0 Å². The Morgan fingerprint density at radius 1 is 1.04 bits per heavy atom. The monoisotopic (exact) mass is 454 g/mol. The molecule has 0 aliphatic carbocycles. The molecule has 0 aliphatic rings. The van der Waals surface area contributed by atoms with Crippen molar-refractivity contribution >= 4 is 39.4 Å². The van der Waals surface area contributed by atoms with Crippen molar-refractivity contribution in [3.8, 4) is 0 Å². The van der Waals surface area contributed by atoms with Gasteiger partial charge < -0.3 is 15.3 Å². The van der Waals surface area contributed by atoms with E-state index in [1.165, 1.54) is 23.1 Å². The van der Waals surface area contributed by atoms with Gasteiger partial charge in [-0.1, -0.05) is 15.9 Å². The highest BCUT2D eigenvalue weighted by atomic mass is 79.9. The first-order valence-electron chi connectivity index (χ1n) is 8.32. The highest BCUT2D eigenvalue weighted by Crippen LogP contribution is 2.25. The van der Waals surface area contributed by atoms with Gasteiger partial charge in [-0.3, -0.25) is 9.59 Å². The van der Waals surface area contributed by atoms with E-state index in [9.17, 15) is 28.3 Å². The molecule has 2 rings (SSSR count). The van der Waals surface area contributed by atoms with Crippen LogP contribution < -0.4 is 5.32 Å². The van der Waals surface area contributed by atoms with Gasteiger partial charge in [-0.15, -0.1) is 0 Å². The highest BCUT2D eigenvalue weighted by Gasteiger charge is 2.28. The zero-order chi connectivity index (χ0) is 21.0. The number of carbonyl (C=O) groups excluding carboxylic acids is 2. The van der Waals surface area contributed by atoms with Crippen LogP contribution in [0.3, 0.4) is 0 Å². The zero-order valence-corrected chi connectivity index (χ0v) is 16.6. The number of nitrogens with zero attached hydrogens (tertiary/aromatic N) is 1. The van der Waals surface area contributed by atoms with Gasteiger partial charge in [0.15, 0.2) is 0 Å². The maximum absolute atomic E-state index is 14.4. The summed E-state index contributed by atoms with van der Waals surface area (Å²) in [4.78, 5) is 37.9. The second kappa shape index (κ2) is 8.92. The number of benzene rings is 2. The third-order valence-corrected chi connectivity index (χ3v) is 4.55. The van der Waals surface area contributed by atoms with Crippen LogP contribution in [0.2, 0.25) is 0 Å². The van der Waals surface area contributed by atoms with E-state index in [1.54, 1.807) is 13.8 Å². The van der Waals surface area contributed by atoms with Crippen molar-refractivity contribution in [2.24, 2.45) is 0 Å². The molecule has 0 aliphatic heterocycles. The topological polar surface area (TPSA) is 86.7 Å². The summed E-state index contributed by atoms with van der Waals surface area (Å²) < 4.78 is 29.3. The Morgan fingerprint density at radius 3 is 2.14 bits per heavy atom. The number of rotatable bonds is 6. The standard InChI is InChI=1S/C19H17BrF2N2O4/c1-3-24(4-2)18(26)16-13(22)7-6-12(21)15(16)17(25)23-14-8-5-10(20)9-11(14)19(27)28/h5-9H,3-4H2,1-2H3,(H,23,25)(H,27,28). The van der Waals surface area contributed by atoms with Crippen molar-refractivity contribution < 1.29 is 28.3 Å². The molecule has 0 atom stereocenters. The molecule has 9 heteroatoms. The molecule has 0 unspecified atom stereocenters. The maximum atomic E-state index is 14.4. The number of carbonyl (C=O) groups is 3. The minimum atomic E-state index is -1.32. The number of halogens is 3. The van der Waals surface area contributed by atoms with Gasteiger partial charge in [0.25, 0.3) is 11.8 Å². The van der Waals surface area contributed by atoms with Gasteiger partial charge in [-0.05, 0) is 44.2 Å². The van der Waals surface area contributed by atoms with Crippen LogP contribution in [0.1, 0.15) is 44.9 Å². The number of hydrogen-bond acceptors (Lipinski definition) is 3. The number of hydrogen-bond donors (Lipinski definition) is 2. The van der Waals surface area contributed by atoms with Gasteiger partial charge in [0.05, 0.1) is 22.4 Å². The van der Waals surface area contributed by atoms with Crippen molar-refractivity contribution in [2.75, 3.05) is 18.4 Å². The molecular formula is C19H17BrF2N2O4. The first-order valence-corrected chi connectivity index (χ1v) is 9.11. The van der Waals surface area contributed by atoms with Crippen molar-refractivity contribution in [1.82, 2.24) is 4.90 Å². The Morgan fingerprint density at radius 2 is 1.61 bits per heavy atom.